The molecule has 0 aromatic rings. The molecule has 0 saturated heterocycles. The van der Waals surface area contributed by atoms with Gasteiger partial charge < -0.3 is 0 Å². The van der Waals surface area contributed by atoms with Crippen molar-refractivity contribution < 1.29 is 0 Å². The standard InChI is InChI=1S/C8H12/c1-3-8-6-4-5-7(8)2/h3H,1,4-6H2,2H3. The number of hydrogen-bond donors (Lipinski definition) is 0. The van der Waals surface area contributed by atoms with E-state index in [0.717, 1.165) is 0 Å². The van der Waals surface area contributed by atoms with Gasteiger partial charge in [0.25, 0.3) is 0 Å². The number of rotatable bonds is 1. The van der Waals surface area contributed by atoms with Gasteiger partial charge in [-0.25, -0.2) is 0 Å². The van der Waals surface area contributed by atoms with Crippen LogP contribution in [0, 0.1) is 0 Å². The quantitative estimate of drug-likeness (QED) is 0.484. The molecule has 0 aromatic heterocycles. The molecule has 0 heteroatoms. The van der Waals surface area contributed by atoms with Crippen LogP contribution in [-0.2, 0) is 0 Å². The van der Waals surface area contributed by atoms with Crippen LogP contribution < -0.4 is 0 Å². The zero-order valence-corrected chi connectivity index (χ0v) is 5.41. The van der Waals surface area contributed by atoms with Crippen LogP contribution in [-0.4, -0.2) is 0 Å². The molecule has 0 unspecified atom stereocenters. The molecule has 1 aliphatic rings. The van der Waals surface area contributed by atoms with Gasteiger partial charge in [-0.3, -0.25) is 0 Å². The van der Waals surface area contributed by atoms with Gasteiger partial charge >= 0.3 is 0 Å². The highest BCUT2D eigenvalue weighted by Gasteiger charge is 2.05. The minimum atomic E-state index is 1.26. The average molecular weight is 108 g/mol. The summed E-state index contributed by atoms with van der Waals surface area (Å²) in [5.74, 6) is 0. The van der Waals surface area contributed by atoms with Gasteiger partial charge in [-0.05, 0) is 31.8 Å². The minimum Gasteiger partial charge on any atom is -0.0988 e. The van der Waals surface area contributed by atoms with Crippen molar-refractivity contribution in [3.8, 4) is 0 Å². The third-order valence-electron chi connectivity index (χ3n) is 1.79. The molecule has 1 aliphatic carbocycles. The molecule has 0 N–H and O–H groups in total. The Labute approximate surface area is 50.9 Å². The lowest BCUT2D eigenvalue weighted by molar-refractivity contribution is 0.899. The molecule has 0 radical (unpaired) electrons. The smallest absolute Gasteiger partial charge is 0.0277 e. The van der Waals surface area contributed by atoms with E-state index in [1.807, 2.05) is 6.08 Å². The SMILES string of the molecule is C=CC1=C(C)CCC1. The minimum absolute atomic E-state index is 1.26. The summed E-state index contributed by atoms with van der Waals surface area (Å²) in [6, 6.07) is 0. The zero-order valence-electron chi connectivity index (χ0n) is 5.41. The van der Waals surface area contributed by atoms with Crippen molar-refractivity contribution in [3.63, 3.8) is 0 Å². The second-order valence-electron chi connectivity index (χ2n) is 2.36. The molecule has 0 fully saturated rings. The van der Waals surface area contributed by atoms with Crippen molar-refractivity contribution in [1.29, 1.82) is 0 Å². The van der Waals surface area contributed by atoms with Gasteiger partial charge in [0, 0.05) is 0 Å². The molecule has 0 bridgehead atoms. The van der Waals surface area contributed by atoms with Crippen molar-refractivity contribution in [2.45, 2.75) is 26.2 Å². The number of allylic oxidation sites excluding steroid dienone is 3. The predicted molar refractivity (Wildman–Crippen MR) is 36.7 cm³/mol. The Morgan fingerprint density at radius 3 is 2.50 bits per heavy atom. The fraction of sp³-hybridized carbons (Fsp3) is 0.500. The van der Waals surface area contributed by atoms with Crippen LogP contribution in [0.3, 0.4) is 0 Å². The highest BCUT2D eigenvalue weighted by atomic mass is 14.1. The van der Waals surface area contributed by atoms with Crippen molar-refractivity contribution >= 4 is 0 Å². The van der Waals surface area contributed by atoms with Gasteiger partial charge in [-0.15, -0.1) is 0 Å². The second-order valence-corrected chi connectivity index (χ2v) is 2.36. The van der Waals surface area contributed by atoms with Crippen molar-refractivity contribution in [3.05, 3.63) is 23.8 Å². The van der Waals surface area contributed by atoms with E-state index >= 15 is 0 Å². The molecule has 0 aromatic carbocycles. The maximum absolute atomic E-state index is 3.74. The summed E-state index contributed by atoms with van der Waals surface area (Å²) in [7, 11) is 0. The summed E-state index contributed by atoms with van der Waals surface area (Å²) in [5, 5.41) is 0. The van der Waals surface area contributed by atoms with Crippen molar-refractivity contribution in [2.75, 3.05) is 0 Å². The molecule has 0 saturated carbocycles. The summed E-state index contributed by atoms with van der Waals surface area (Å²) in [5.41, 5.74) is 3.02. The van der Waals surface area contributed by atoms with E-state index < -0.39 is 0 Å². The average Bonchev–Trinajstić information content (AvgIpc) is 2.14. The lowest BCUT2D eigenvalue weighted by Crippen LogP contribution is -1.69. The van der Waals surface area contributed by atoms with E-state index in [1.165, 1.54) is 24.8 Å². The third kappa shape index (κ3) is 0.835. The summed E-state index contributed by atoms with van der Waals surface area (Å²) in [4.78, 5) is 0. The Morgan fingerprint density at radius 2 is 2.25 bits per heavy atom. The zero-order chi connectivity index (χ0) is 5.98. The number of hydrogen-bond acceptors (Lipinski definition) is 0. The van der Waals surface area contributed by atoms with Crippen LogP contribution in [0.25, 0.3) is 0 Å². The highest BCUT2D eigenvalue weighted by Crippen LogP contribution is 2.25. The first-order valence-corrected chi connectivity index (χ1v) is 3.15. The molecule has 0 nitrogen and oxygen atoms in total. The lowest BCUT2D eigenvalue weighted by Gasteiger charge is -1.90. The van der Waals surface area contributed by atoms with Crippen LogP contribution in [0.2, 0.25) is 0 Å². The van der Waals surface area contributed by atoms with Gasteiger partial charge in [0.15, 0.2) is 0 Å². The maximum Gasteiger partial charge on any atom is -0.0277 e. The molecule has 0 spiro atoms. The topological polar surface area (TPSA) is 0 Å². The molecule has 0 aliphatic heterocycles. The first-order valence-electron chi connectivity index (χ1n) is 3.15. The molecule has 0 atom stereocenters. The normalized spacial score (nSPS) is 19.6. The van der Waals surface area contributed by atoms with Crippen LogP contribution >= 0.6 is 0 Å². The first-order chi connectivity index (χ1) is 3.84. The summed E-state index contributed by atoms with van der Waals surface area (Å²) >= 11 is 0. The molecule has 0 heterocycles. The van der Waals surface area contributed by atoms with E-state index in [1.54, 1.807) is 5.57 Å². The Balaban J connectivity index is 2.72. The second kappa shape index (κ2) is 2.17. The molecule has 0 amide bonds. The largest absolute Gasteiger partial charge is 0.0988 e. The Bertz CT molecular complexity index is 129. The van der Waals surface area contributed by atoms with E-state index in [-0.39, 0.29) is 0 Å². The Hall–Kier alpha value is -0.520. The van der Waals surface area contributed by atoms with E-state index in [4.69, 9.17) is 0 Å². The van der Waals surface area contributed by atoms with Gasteiger partial charge in [0.1, 0.15) is 0 Å². The summed E-state index contributed by atoms with van der Waals surface area (Å²) < 4.78 is 0. The van der Waals surface area contributed by atoms with Crippen LogP contribution in [0.4, 0.5) is 0 Å². The maximum atomic E-state index is 3.74. The van der Waals surface area contributed by atoms with Gasteiger partial charge in [-0.1, -0.05) is 18.2 Å². The molecule has 1 rings (SSSR count). The Morgan fingerprint density at radius 1 is 1.50 bits per heavy atom. The van der Waals surface area contributed by atoms with Gasteiger partial charge in [0.2, 0.25) is 0 Å². The molecular formula is C8H12. The summed E-state index contributed by atoms with van der Waals surface area (Å²) in [6.45, 7) is 5.93. The fourth-order valence-corrected chi connectivity index (χ4v) is 1.19. The van der Waals surface area contributed by atoms with Gasteiger partial charge in [0.05, 0.1) is 0 Å². The fourth-order valence-electron chi connectivity index (χ4n) is 1.19. The predicted octanol–water partition coefficient (Wildman–Crippen LogP) is 2.67. The van der Waals surface area contributed by atoms with Crippen molar-refractivity contribution in [2.24, 2.45) is 0 Å². The third-order valence-corrected chi connectivity index (χ3v) is 1.79. The van der Waals surface area contributed by atoms with Crippen LogP contribution in [0.1, 0.15) is 26.2 Å². The van der Waals surface area contributed by atoms with E-state index in [0.29, 0.717) is 0 Å². The molecule has 44 valence electrons. The van der Waals surface area contributed by atoms with Gasteiger partial charge in [-0.2, -0.15) is 0 Å². The van der Waals surface area contributed by atoms with E-state index in [9.17, 15) is 0 Å². The van der Waals surface area contributed by atoms with Crippen LogP contribution in [0.15, 0.2) is 23.8 Å². The van der Waals surface area contributed by atoms with Crippen LogP contribution in [0.5, 0.6) is 0 Å². The monoisotopic (exact) mass is 108 g/mol. The summed E-state index contributed by atoms with van der Waals surface area (Å²) in [6.07, 6.45) is 5.88. The van der Waals surface area contributed by atoms with E-state index in [2.05, 4.69) is 13.5 Å². The lowest BCUT2D eigenvalue weighted by atomic mass is 10.2. The molecule has 8 heavy (non-hydrogen) atoms. The highest BCUT2D eigenvalue weighted by molar-refractivity contribution is 5.26. The Kier molecular flexibility index (Phi) is 1.52. The van der Waals surface area contributed by atoms with Crippen molar-refractivity contribution in [1.82, 2.24) is 0 Å². The molecular weight excluding hydrogens is 96.1 g/mol. The first kappa shape index (κ1) is 5.61.